The fraction of sp³-hybridized carbons (Fsp3) is 0.211. The van der Waals surface area contributed by atoms with Crippen LogP contribution in [0.25, 0.3) is 22.4 Å². The van der Waals surface area contributed by atoms with Gasteiger partial charge in [0, 0.05) is 60.4 Å². The first-order chi connectivity index (χ1) is 22.2. The molecular formula is C38H36ClN3O4. The van der Waals surface area contributed by atoms with Gasteiger partial charge in [-0.2, -0.15) is 0 Å². The van der Waals surface area contributed by atoms with E-state index in [1.807, 2.05) is 43.3 Å². The van der Waals surface area contributed by atoms with Crippen molar-refractivity contribution in [1.82, 2.24) is 4.57 Å². The summed E-state index contributed by atoms with van der Waals surface area (Å²) in [5, 5.41) is 9.92. The summed E-state index contributed by atoms with van der Waals surface area (Å²) in [4.78, 5) is 30.2. The predicted molar refractivity (Wildman–Crippen MR) is 185 cm³/mol. The van der Waals surface area contributed by atoms with Crippen LogP contribution in [0.3, 0.4) is 0 Å². The molecule has 5 aromatic rings. The number of benzene rings is 4. The first-order valence-corrected chi connectivity index (χ1v) is 15.8. The van der Waals surface area contributed by atoms with E-state index in [0.717, 1.165) is 59.9 Å². The van der Waals surface area contributed by atoms with Gasteiger partial charge >= 0.3 is 11.9 Å². The quantitative estimate of drug-likeness (QED) is 0.137. The van der Waals surface area contributed by atoms with Crippen molar-refractivity contribution in [2.24, 2.45) is 0 Å². The van der Waals surface area contributed by atoms with Crippen LogP contribution in [0.1, 0.15) is 38.9 Å². The number of piperazine rings is 1. The maximum atomic E-state index is 14.0. The number of anilines is 2. The maximum absolute atomic E-state index is 14.0. The Kier molecular flexibility index (Phi) is 8.86. The Morgan fingerprint density at radius 1 is 0.783 bits per heavy atom. The molecule has 1 saturated heterocycles. The molecule has 0 aliphatic carbocycles. The lowest BCUT2D eigenvalue weighted by atomic mass is 9.96. The maximum Gasteiger partial charge on any atom is 0.346 e. The number of rotatable bonds is 8. The molecule has 234 valence electrons. The van der Waals surface area contributed by atoms with Crippen molar-refractivity contribution in [2.45, 2.75) is 27.3 Å². The Hall–Kier alpha value is -5.01. The van der Waals surface area contributed by atoms with Gasteiger partial charge in [0.2, 0.25) is 0 Å². The van der Waals surface area contributed by atoms with Crippen LogP contribution in [0.2, 0.25) is 5.02 Å². The van der Waals surface area contributed by atoms with Crippen LogP contribution in [-0.4, -0.2) is 47.8 Å². The number of aromatic carboxylic acids is 1. The Balaban J connectivity index is 1.38. The van der Waals surface area contributed by atoms with Crippen molar-refractivity contribution in [1.29, 1.82) is 0 Å². The summed E-state index contributed by atoms with van der Waals surface area (Å²) < 4.78 is 8.01. The van der Waals surface area contributed by atoms with Gasteiger partial charge in [-0.1, -0.05) is 53.6 Å². The third-order valence-electron chi connectivity index (χ3n) is 8.65. The number of carboxylic acid groups (broad SMARTS) is 1. The van der Waals surface area contributed by atoms with Crippen LogP contribution < -0.4 is 14.5 Å². The van der Waals surface area contributed by atoms with Gasteiger partial charge in [-0.25, -0.2) is 9.59 Å². The molecule has 0 radical (unpaired) electrons. The molecule has 1 fully saturated rings. The number of nitrogens with zero attached hydrogens (tertiary/aromatic N) is 3. The smallest absolute Gasteiger partial charge is 0.346 e. The van der Waals surface area contributed by atoms with E-state index >= 15 is 0 Å². The van der Waals surface area contributed by atoms with E-state index in [4.69, 9.17) is 16.3 Å². The van der Waals surface area contributed by atoms with E-state index in [-0.39, 0.29) is 11.3 Å². The number of hydrogen-bond acceptors (Lipinski definition) is 5. The van der Waals surface area contributed by atoms with Gasteiger partial charge < -0.3 is 24.2 Å². The fourth-order valence-electron chi connectivity index (χ4n) is 6.23. The molecule has 46 heavy (non-hydrogen) atoms. The highest BCUT2D eigenvalue weighted by Crippen LogP contribution is 2.41. The molecular weight excluding hydrogens is 598 g/mol. The Morgan fingerprint density at radius 2 is 1.41 bits per heavy atom. The molecule has 0 spiro atoms. The average Bonchev–Trinajstić information content (AvgIpc) is 3.37. The summed E-state index contributed by atoms with van der Waals surface area (Å²) >= 11 is 6.27. The minimum absolute atomic E-state index is 0.121. The van der Waals surface area contributed by atoms with Gasteiger partial charge in [0.15, 0.2) is 0 Å². The minimum Gasteiger partial charge on any atom is -0.478 e. The summed E-state index contributed by atoms with van der Waals surface area (Å²) in [5.74, 6) is -1.27. The number of ether oxygens (including phenoxy) is 1. The van der Waals surface area contributed by atoms with E-state index in [2.05, 4.69) is 64.6 Å². The topological polar surface area (TPSA) is 75.0 Å². The van der Waals surface area contributed by atoms with Crippen LogP contribution in [-0.2, 0) is 6.54 Å². The third kappa shape index (κ3) is 6.24. The largest absolute Gasteiger partial charge is 0.478 e. The Morgan fingerprint density at radius 3 is 2.02 bits per heavy atom. The van der Waals surface area contributed by atoms with Gasteiger partial charge in [0.1, 0.15) is 5.75 Å². The van der Waals surface area contributed by atoms with Gasteiger partial charge in [-0.3, -0.25) is 0 Å². The number of esters is 1. The standard InChI is InChI=1S/C38H36ClN3O4/c1-4-42-26(3)34(38(45)46-33-18-12-28(13-19-33)37(43)44)35(36(42)27-10-14-30(39)15-11-27)29-6-5-7-32(24-29)41-22-20-40(21-23-41)31-16-8-25(2)9-17-31/h5-19,24H,4,20-23H2,1-3H3,(H,43,44). The number of carboxylic acids is 1. The van der Waals surface area contributed by atoms with Crippen LogP contribution in [0, 0.1) is 13.8 Å². The summed E-state index contributed by atoms with van der Waals surface area (Å²) in [6.07, 6.45) is 0. The number of hydrogen-bond donors (Lipinski definition) is 1. The fourth-order valence-corrected chi connectivity index (χ4v) is 6.36. The summed E-state index contributed by atoms with van der Waals surface area (Å²) in [6.45, 7) is 10.3. The Bertz CT molecular complexity index is 1870. The van der Waals surface area contributed by atoms with Crippen LogP contribution in [0.5, 0.6) is 5.75 Å². The monoisotopic (exact) mass is 633 g/mol. The lowest BCUT2D eigenvalue weighted by Crippen LogP contribution is -2.46. The second-order valence-corrected chi connectivity index (χ2v) is 12.0. The highest BCUT2D eigenvalue weighted by molar-refractivity contribution is 6.30. The van der Waals surface area contributed by atoms with Gasteiger partial charge in [-0.05, 0) is 92.6 Å². The second-order valence-electron chi connectivity index (χ2n) is 11.5. The molecule has 4 aromatic carbocycles. The van der Waals surface area contributed by atoms with Gasteiger partial charge in [0.05, 0.1) is 16.8 Å². The van der Waals surface area contributed by atoms with E-state index < -0.39 is 11.9 Å². The van der Waals surface area contributed by atoms with Crippen molar-refractivity contribution in [2.75, 3.05) is 36.0 Å². The van der Waals surface area contributed by atoms with E-state index in [1.54, 1.807) is 0 Å². The van der Waals surface area contributed by atoms with Crippen LogP contribution in [0.15, 0.2) is 97.1 Å². The number of halogens is 1. The number of carbonyl (C=O) groups is 2. The number of aryl methyl sites for hydroxylation is 1. The van der Waals surface area contributed by atoms with E-state index in [0.29, 0.717) is 17.1 Å². The highest BCUT2D eigenvalue weighted by Gasteiger charge is 2.29. The molecule has 7 nitrogen and oxygen atoms in total. The van der Waals surface area contributed by atoms with Crippen LogP contribution >= 0.6 is 11.6 Å². The molecule has 6 rings (SSSR count). The number of aromatic nitrogens is 1. The highest BCUT2D eigenvalue weighted by atomic mass is 35.5. The van der Waals surface area contributed by atoms with Crippen molar-refractivity contribution < 1.29 is 19.4 Å². The second kappa shape index (κ2) is 13.2. The molecule has 1 N–H and O–H groups in total. The molecule has 0 amide bonds. The third-order valence-corrected chi connectivity index (χ3v) is 8.90. The molecule has 0 saturated carbocycles. The molecule has 8 heteroatoms. The zero-order valence-electron chi connectivity index (χ0n) is 26.2. The minimum atomic E-state index is -1.04. The van der Waals surface area contributed by atoms with E-state index in [9.17, 15) is 14.7 Å². The zero-order chi connectivity index (χ0) is 32.4. The average molecular weight is 634 g/mol. The first-order valence-electron chi connectivity index (χ1n) is 15.4. The van der Waals surface area contributed by atoms with Crippen molar-refractivity contribution in [3.8, 4) is 28.1 Å². The van der Waals surface area contributed by atoms with Crippen molar-refractivity contribution in [3.63, 3.8) is 0 Å². The summed E-state index contributed by atoms with van der Waals surface area (Å²) in [6, 6.07) is 30.6. The molecule has 0 bridgehead atoms. The van der Waals surface area contributed by atoms with Gasteiger partial charge in [-0.15, -0.1) is 0 Å². The van der Waals surface area contributed by atoms with Gasteiger partial charge in [0.25, 0.3) is 0 Å². The van der Waals surface area contributed by atoms with E-state index in [1.165, 1.54) is 35.5 Å². The molecule has 1 aromatic heterocycles. The molecule has 1 aliphatic heterocycles. The van der Waals surface area contributed by atoms with Crippen LogP contribution in [0.4, 0.5) is 11.4 Å². The normalized spacial score (nSPS) is 13.1. The molecule has 2 heterocycles. The molecule has 0 unspecified atom stereocenters. The SMILES string of the molecule is CCn1c(C)c(C(=O)Oc2ccc(C(=O)O)cc2)c(-c2cccc(N3CCN(c4ccc(C)cc4)CC3)c2)c1-c1ccc(Cl)cc1. The zero-order valence-corrected chi connectivity index (χ0v) is 26.9. The first kappa shape index (κ1) is 31.0. The van der Waals surface area contributed by atoms with Crippen molar-refractivity contribution in [3.05, 3.63) is 124 Å². The predicted octanol–water partition coefficient (Wildman–Crippen LogP) is 8.36. The summed E-state index contributed by atoms with van der Waals surface area (Å²) in [7, 11) is 0. The summed E-state index contributed by atoms with van der Waals surface area (Å²) in [5.41, 5.74) is 8.50. The van der Waals surface area contributed by atoms with Crippen molar-refractivity contribution >= 4 is 34.9 Å². The lowest BCUT2D eigenvalue weighted by Gasteiger charge is -2.37. The lowest BCUT2D eigenvalue weighted by molar-refractivity contribution is 0.0696. The number of carbonyl (C=O) groups excluding carboxylic acids is 1. The Labute approximate surface area is 274 Å². The molecule has 0 atom stereocenters. The molecule has 1 aliphatic rings.